The average molecular weight is 338 g/mol. The van der Waals surface area contributed by atoms with E-state index in [2.05, 4.69) is 65.4 Å². The molecule has 1 aromatic carbocycles. The molecule has 0 radical (unpaired) electrons. The number of benzene rings is 1. The zero-order valence-corrected chi connectivity index (χ0v) is 13.9. The summed E-state index contributed by atoms with van der Waals surface area (Å²) >= 11 is 5.44. The number of nitrogens with one attached hydrogen (secondary N) is 1. The molecule has 0 aliphatic rings. The van der Waals surface area contributed by atoms with E-state index in [4.69, 9.17) is 0 Å². The Labute approximate surface area is 128 Å². The molecule has 0 amide bonds. The molecular weight excluding hydrogens is 318 g/mol. The van der Waals surface area contributed by atoms with Gasteiger partial charge in [-0.05, 0) is 54.8 Å². The van der Waals surface area contributed by atoms with Crippen molar-refractivity contribution in [1.29, 1.82) is 0 Å². The molecule has 0 aliphatic carbocycles. The summed E-state index contributed by atoms with van der Waals surface area (Å²) in [5.41, 5.74) is 2.78. The van der Waals surface area contributed by atoms with Crippen LogP contribution in [0.15, 0.2) is 34.8 Å². The molecule has 1 aromatic heterocycles. The van der Waals surface area contributed by atoms with E-state index in [1.807, 2.05) is 11.3 Å². The summed E-state index contributed by atoms with van der Waals surface area (Å²) < 4.78 is 1.16. The van der Waals surface area contributed by atoms with Crippen LogP contribution in [0.5, 0.6) is 0 Å². The number of aryl methyl sites for hydroxylation is 1. The SMILES string of the molecule is CCCNCc1ccc(-c2ccc(Br)cc2CC)s1. The lowest BCUT2D eigenvalue weighted by Crippen LogP contribution is -2.12. The molecule has 102 valence electrons. The van der Waals surface area contributed by atoms with Crippen LogP contribution in [-0.4, -0.2) is 6.54 Å². The lowest BCUT2D eigenvalue weighted by atomic mass is 10.0. The highest BCUT2D eigenvalue weighted by Gasteiger charge is 2.07. The first-order valence-corrected chi connectivity index (χ1v) is 8.43. The topological polar surface area (TPSA) is 12.0 Å². The lowest BCUT2D eigenvalue weighted by molar-refractivity contribution is 0.681. The minimum Gasteiger partial charge on any atom is -0.312 e. The van der Waals surface area contributed by atoms with E-state index in [1.165, 1.54) is 27.3 Å². The Bertz CT molecular complexity index is 533. The third-order valence-electron chi connectivity index (χ3n) is 3.10. The van der Waals surface area contributed by atoms with Crippen LogP contribution in [0.3, 0.4) is 0 Å². The molecule has 2 aromatic rings. The lowest BCUT2D eigenvalue weighted by Gasteiger charge is -2.06. The van der Waals surface area contributed by atoms with Crippen molar-refractivity contribution in [3.05, 3.63) is 45.2 Å². The smallest absolute Gasteiger partial charge is 0.0348 e. The van der Waals surface area contributed by atoms with Gasteiger partial charge in [-0.15, -0.1) is 11.3 Å². The van der Waals surface area contributed by atoms with Gasteiger partial charge >= 0.3 is 0 Å². The van der Waals surface area contributed by atoms with Crippen LogP contribution >= 0.6 is 27.3 Å². The van der Waals surface area contributed by atoms with Gasteiger partial charge in [0.25, 0.3) is 0 Å². The first-order chi connectivity index (χ1) is 9.24. The monoisotopic (exact) mass is 337 g/mol. The van der Waals surface area contributed by atoms with E-state index in [9.17, 15) is 0 Å². The molecule has 2 rings (SSSR count). The fourth-order valence-corrected chi connectivity index (χ4v) is 3.55. The number of hydrogen-bond donors (Lipinski definition) is 1. The van der Waals surface area contributed by atoms with Gasteiger partial charge < -0.3 is 5.32 Å². The molecule has 1 heterocycles. The summed E-state index contributed by atoms with van der Waals surface area (Å²) in [5.74, 6) is 0. The van der Waals surface area contributed by atoms with Crippen LogP contribution in [0.25, 0.3) is 10.4 Å². The largest absolute Gasteiger partial charge is 0.312 e. The number of thiophene rings is 1. The summed E-state index contributed by atoms with van der Waals surface area (Å²) in [4.78, 5) is 2.78. The van der Waals surface area contributed by atoms with E-state index in [0.29, 0.717) is 0 Å². The van der Waals surface area contributed by atoms with Crippen molar-refractivity contribution in [3.63, 3.8) is 0 Å². The van der Waals surface area contributed by atoms with Crippen LogP contribution in [0.1, 0.15) is 30.7 Å². The minimum absolute atomic E-state index is 0.983. The molecule has 0 atom stereocenters. The second-order valence-corrected chi connectivity index (χ2v) is 6.68. The van der Waals surface area contributed by atoms with Crippen LogP contribution in [-0.2, 0) is 13.0 Å². The zero-order chi connectivity index (χ0) is 13.7. The van der Waals surface area contributed by atoms with Crippen LogP contribution in [0.2, 0.25) is 0 Å². The molecule has 3 heteroatoms. The normalized spacial score (nSPS) is 10.9. The second kappa shape index (κ2) is 7.22. The van der Waals surface area contributed by atoms with E-state index in [-0.39, 0.29) is 0 Å². The van der Waals surface area contributed by atoms with Crippen molar-refractivity contribution in [2.24, 2.45) is 0 Å². The van der Waals surface area contributed by atoms with Crippen LogP contribution in [0.4, 0.5) is 0 Å². The Hall–Kier alpha value is -0.640. The first-order valence-electron chi connectivity index (χ1n) is 6.82. The maximum absolute atomic E-state index is 3.55. The predicted octanol–water partition coefficient (Wildman–Crippen LogP) is 5.24. The molecule has 19 heavy (non-hydrogen) atoms. The number of halogens is 1. The van der Waals surface area contributed by atoms with Crippen molar-refractivity contribution in [1.82, 2.24) is 5.32 Å². The van der Waals surface area contributed by atoms with Crippen LogP contribution in [0, 0.1) is 0 Å². The van der Waals surface area contributed by atoms with Crippen LogP contribution < -0.4 is 5.32 Å². The summed E-state index contributed by atoms with van der Waals surface area (Å²) in [6.07, 6.45) is 2.25. The van der Waals surface area contributed by atoms with E-state index in [1.54, 1.807) is 0 Å². The molecule has 0 unspecified atom stereocenters. The fraction of sp³-hybridized carbons (Fsp3) is 0.375. The van der Waals surface area contributed by atoms with Gasteiger partial charge in [0.05, 0.1) is 0 Å². The zero-order valence-electron chi connectivity index (χ0n) is 11.5. The van der Waals surface area contributed by atoms with Gasteiger partial charge in [0.2, 0.25) is 0 Å². The van der Waals surface area contributed by atoms with E-state index >= 15 is 0 Å². The van der Waals surface area contributed by atoms with Crippen molar-refractivity contribution >= 4 is 27.3 Å². The summed E-state index contributed by atoms with van der Waals surface area (Å²) in [6.45, 7) is 6.48. The minimum atomic E-state index is 0.983. The Kier molecular flexibility index (Phi) is 5.61. The van der Waals surface area contributed by atoms with Gasteiger partial charge in [0.1, 0.15) is 0 Å². The number of rotatable bonds is 6. The van der Waals surface area contributed by atoms with Crippen molar-refractivity contribution in [3.8, 4) is 10.4 Å². The molecule has 0 aliphatic heterocycles. The summed E-state index contributed by atoms with van der Waals surface area (Å²) in [5, 5.41) is 3.46. The Morgan fingerprint density at radius 1 is 1.16 bits per heavy atom. The maximum atomic E-state index is 3.55. The summed E-state index contributed by atoms with van der Waals surface area (Å²) in [7, 11) is 0. The Balaban J connectivity index is 2.18. The first kappa shape index (κ1) is 14.8. The van der Waals surface area contributed by atoms with Gasteiger partial charge in [-0.2, -0.15) is 0 Å². The third kappa shape index (κ3) is 3.91. The van der Waals surface area contributed by atoms with E-state index in [0.717, 1.165) is 24.0 Å². The molecule has 1 nitrogen and oxygen atoms in total. The molecule has 1 N–H and O–H groups in total. The maximum Gasteiger partial charge on any atom is 0.0348 e. The van der Waals surface area contributed by atoms with Gasteiger partial charge in [-0.3, -0.25) is 0 Å². The van der Waals surface area contributed by atoms with Crippen molar-refractivity contribution in [2.45, 2.75) is 33.2 Å². The van der Waals surface area contributed by atoms with Gasteiger partial charge in [-0.25, -0.2) is 0 Å². The molecular formula is C16H20BrNS. The highest BCUT2D eigenvalue weighted by molar-refractivity contribution is 9.10. The molecule has 0 spiro atoms. The highest BCUT2D eigenvalue weighted by Crippen LogP contribution is 2.32. The molecule has 0 bridgehead atoms. The number of hydrogen-bond acceptors (Lipinski definition) is 2. The Morgan fingerprint density at radius 2 is 2.00 bits per heavy atom. The van der Waals surface area contributed by atoms with Gasteiger partial charge in [0.15, 0.2) is 0 Å². The molecule has 0 saturated heterocycles. The Morgan fingerprint density at radius 3 is 2.74 bits per heavy atom. The quantitative estimate of drug-likeness (QED) is 0.710. The van der Waals surface area contributed by atoms with E-state index < -0.39 is 0 Å². The van der Waals surface area contributed by atoms with Gasteiger partial charge in [0, 0.05) is 20.8 Å². The highest BCUT2D eigenvalue weighted by atomic mass is 79.9. The van der Waals surface area contributed by atoms with Crippen molar-refractivity contribution < 1.29 is 0 Å². The predicted molar refractivity (Wildman–Crippen MR) is 88.8 cm³/mol. The molecule has 0 saturated carbocycles. The standard InChI is InChI=1S/C16H20BrNS/c1-3-9-18-11-14-6-8-16(19-14)15-7-5-13(17)10-12(15)4-2/h5-8,10,18H,3-4,9,11H2,1-2H3. The summed E-state index contributed by atoms with van der Waals surface area (Å²) in [6, 6.07) is 11.1. The van der Waals surface area contributed by atoms with Gasteiger partial charge in [-0.1, -0.05) is 35.8 Å². The third-order valence-corrected chi connectivity index (χ3v) is 4.71. The fourth-order valence-electron chi connectivity index (χ4n) is 2.10. The molecule has 0 fully saturated rings. The van der Waals surface area contributed by atoms with Crippen molar-refractivity contribution in [2.75, 3.05) is 6.54 Å². The average Bonchev–Trinajstić information content (AvgIpc) is 2.87. The second-order valence-electron chi connectivity index (χ2n) is 4.60.